The zero-order chi connectivity index (χ0) is 31.4. The number of phosphoric ester groups is 1. The standard InChI is InChI=1S/C32H40NO10P/c34-28(17-16-23-12-14-25(15-13-23)20-24-8-3-1-4-9-24)33-18-7-19-40-44(39,41-21-26-10-5-2-6-11-26)42-22-27-29(35)30(36)31(37)32(38)43-27/h1-6,8-15,27,29-32,35-38H,7,16-22H2,(H,33,34)/t27-,29-,30+,31-,32?,44?/m1/s1. The number of ether oxygens (including phenoxy) is 1. The van der Waals surface area contributed by atoms with Gasteiger partial charge in [-0.2, -0.15) is 0 Å². The fourth-order valence-electron chi connectivity index (χ4n) is 4.55. The largest absolute Gasteiger partial charge is 0.475 e. The van der Waals surface area contributed by atoms with E-state index in [9.17, 15) is 29.8 Å². The molecule has 3 aromatic carbocycles. The maximum absolute atomic E-state index is 13.4. The lowest BCUT2D eigenvalue weighted by molar-refractivity contribution is -0.285. The fraction of sp³-hybridized carbons (Fsp3) is 0.406. The van der Waals surface area contributed by atoms with Crippen molar-refractivity contribution in [3.63, 3.8) is 0 Å². The number of nitrogens with one attached hydrogen (secondary N) is 1. The SMILES string of the molecule is O=C(CCc1ccc(Cc2ccccc2)cc1)NCCCOP(=O)(OCc1ccccc1)OC[C@H]1OC(O)[C@H](O)[C@@H](O)[C@@H]1O. The summed E-state index contributed by atoms with van der Waals surface area (Å²) in [6, 6.07) is 27.4. The van der Waals surface area contributed by atoms with E-state index in [1.54, 1.807) is 24.3 Å². The number of phosphoric acid groups is 1. The number of hydrogen-bond acceptors (Lipinski definition) is 10. The summed E-state index contributed by atoms with van der Waals surface area (Å²) in [5.74, 6) is -0.124. The van der Waals surface area contributed by atoms with Crippen LogP contribution in [-0.2, 0) is 47.1 Å². The minimum Gasteiger partial charge on any atom is -0.387 e. The van der Waals surface area contributed by atoms with Crippen molar-refractivity contribution in [2.24, 2.45) is 0 Å². The Morgan fingerprint density at radius 2 is 1.36 bits per heavy atom. The Balaban J connectivity index is 1.19. The minimum atomic E-state index is -4.21. The van der Waals surface area contributed by atoms with E-state index in [4.69, 9.17) is 18.3 Å². The van der Waals surface area contributed by atoms with Crippen molar-refractivity contribution in [2.45, 2.75) is 63.0 Å². The third-order valence-corrected chi connectivity index (χ3v) is 8.53. The second kappa shape index (κ2) is 16.9. The van der Waals surface area contributed by atoms with E-state index in [2.05, 4.69) is 29.6 Å². The number of aliphatic hydroxyl groups is 4. The van der Waals surface area contributed by atoms with E-state index in [-0.39, 0.29) is 25.7 Å². The van der Waals surface area contributed by atoms with Crippen LogP contribution in [0.25, 0.3) is 0 Å². The molecule has 1 saturated heterocycles. The van der Waals surface area contributed by atoms with Crippen molar-refractivity contribution < 1.29 is 48.1 Å². The number of carbonyl (C=O) groups is 1. The van der Waals surface area contributed by atoms with Gasteiger partial charge in [0.2, 0.25) is 5.91 Å². The average Bonchev–Trinajstić information content (AvgIpc) is 3.04. The second-order valence-corrected chi connectivity index (χ2v) is 12.2. The topological polar surface area (TPSA) is 164 Å². The van der Waals surface area contributed by atoms with Crippen molar-refractivity contribution in [1.82, 2.24) is 5.32 Å². The van der Waals surface area contributed by atoms with Gasteiger partial charge in [-0.3, -0.25) is 18.4 Å². The number of benzene rings is 3. The third-order valence-electron chi connectivity index (χ3n) is 7.12. The zero-order valence-electron chi connectivity index (χ0n) is 24.3. The lowest BCUT2D eigenvalue weighted by atomic mass is 10.00. The number of carbonyl (C=O) groups excluding carboxylic acids is 1. The second-order valence-electron chi connectivity index (χ2n) is 10.6. The van der Waals surface area contributed by atoms with Crippen LogP contribution < -0.4 is 5.32 Å². The molecule has 0 aliphatic carbocycles. The first kappa shape index (κ1) is 33.9. The zero-order valence-corrected chi connectivity index (χ0v) is 25.2. The number of rotatable bonds is 16. The van der Waals surface area contributed by atoms with Gasteiger partial charge in [0.05, 0.1) is 19.8 Å². The summed E-state index contributed by atoms with van der Waals surface area (Å²) < 4.78 is 34.8. The first-order chi connectivity index (χ1) is 21.2. The minimum absolute atomic E-state index is 0.0761. The number of aryl methyl sites for hydroxylation is 1. The summed E-state index contributed by atoms with van der Waals surface area (Å²) in [6.07, 6.45) is -6.01. The van der Waals surface area contributed by atoms with Crippen LogP contribution in [0.3, 0.4) is 0 Å². The highest BCUT2D eigenvalue weighted by molar-refractivity contribution is 7.48. The van der Waals surface area contributed by atoms with Crippen molar-refractivity contribution >= 4 is 13.7 Å². The highest BCUT2D eigenvalue weighted by atomic mass is 31.2. The molecule has 6 atom stereocenters. The summed E-state index contributed by atoms with van der Waals surface area (Å²) >= 11 is 0. The molecule has 11 nitrogen and oxygen atoms in total. The van der Waals surface area contributed by atoms with Crippen molar-refractivity contribution in [3.05, 3.63) is 107 Å². The van der Waals surface area contributed by atoms with E-state index in [1.165, 1.54) is 11.1 Å². The Labute approximate surface area is 257 Å². The van der Waals surface area contributed by atoms with E-state index >= 15 is 0 Å². The van der Waals surface area contributed by atoms with Gasteiger partial charge >= 0.3 is 7.82 Å². The summed E-state index contributed by atoms with van der Waals surface area (Å²) in [6.45, 7) is -0.459. The van der Waals surface area contributed by atoms with Gasteiger partial charge in [0, 0.05) is 13.0 Å². The molecule has 0 radical (unpaired) electrons. The summed E-state index contributed by atoms with van der Waals surface area (Å²) in [5, 5.41) is 42.3. The summed E-state index contributed by atoms with van der Waals surface area (Å²) in [5.41, 5.74) is 4.22. The van der Waals surface area contributed by atoms with Crippen LogP contribution in [-0.4, -0.2) is 76.8 Å². The first-order valence-corrected chi connectivity index (χ1v) is 16.0. The molecular formula is C32H40NO10P. The molecule has 0 bridgehead atoms. The summed E-state index contributed by atoms with van der Waals surface area (Å²) in [7, 11) is -4.21. The molecule has 12 heteroatoms. The first-order valence-electron chi connectivity index (χ1n) is 14.6. The van der Waals surface area contributed by atoms with Gasteiger partial charge in [-0.05, 0) is 41.5 Å². The number of hydrogen-bond donors (Lipinski definition) is 5. The van der Waals surface area contributed by atoms with E-state index in [0.717, 1.165) is 12.0 Å². The number of aliphatic hydroxyl groups excluding tert-OH is 4. The van der Waals surface area contributed by atoms with Crippen LogP contribution in [0.5, 0.6) is 0 Å². The maximum Gasteiger partial charge on any atom is 0.475 e. The van der Waals surface area contributed by atoms with E-state index in [0.29, 0.717) is 24.8 Å². The summed E-state index contributed by atoms with van der Waals surface area (Å²) in [4.78, 5) is 12.4. The Kier molecular flexibility index (Phi) is 13.1. The Morgan fingerprint density at radius 3 is 2.05 bits per heavy atom. The molecule has 5 N–H and O–H groups in total. The maximum atomic E-state index is 13.4. The quantitative estimate of drug-likeness (QED) is 0.118. The van der Waals surface area contributed by atoms with Crippen molar-refractivity contribution in [3.8, 4) is 0 Å². The van der Waals surface area contributed by atoms with Gasteiger partial charge in [0.25, 0.3) is 0 Å². The van der Waals surface area contributed by atoms with Crippen molar-refractivity contribution in [1.29, 1.82) is 0 Å². The molecule has 1 amide bonds. The highest BCUT2D eigenvalue weighted by Gasteiger charge is 2.44. The van der Waals surface area contributed by atoms with Gasteiger partial charge in [-0.15, -0.1) is 0 Å². The van der Waals surface area contributed by atoms with Gasteiger partial charge in [0.1, 0.15) is 24.4 Å². The predicted molar refractivity (Wildman–Crippen MR) is 161 cm³/mol. The highest BCUT2D eigenvalue weighted by Crippen LogP contribution is 2.50. The normalized spacial score (nSPS) is 23.1. The molecule has 0 saturated carbocycles. The molecule has 0 spiro atoms. The van der Waals surface area contributed by atoms with Crippen LogP contribution in [0.2, 0.25) is 0 Å². The molecule has 44 heavy (non-hydrogen) atoms. The average molecular weight is 630 g/mol. The Morgan fingerprint density at radius 1 is 0.750 bits per heavy atom. The molecule has 1 fully saturated rings. The lowest BCUT2D eigenvalue weighted by Crippen LogP contribution is -2.58. The molecule has 3 aromatic rings. The van der Waals surface area contributed by atoms with Gasteiger partial charge in [-0.1, -0.05) is 84.9 Å². The van der Waals surface area contributed by atoms with E-state index in [1.807, 2.05) is 36.4 Å². The fourth-order valence-corrected chi connectivity index (χ4v) is 5.76. The molecule has 1 aliphatic rings. The van der Waals surface area contributed by atoms with Crippen LogP contribution in [0.15, 0.2) is 84.9 Å². The van der Waals surface area contributed by atoms with Crippen LogP contribution in [0, 0.1) is 0 Å². The molecule has 1 aliphatic heterocycles. The monoisotopic (exact) mass is 629 g/mol. The van der Waals surface area contributed by atoms with Crippen LogP contribution in [0.1, 0.15) is 35.1 Å². The van der Waals surface area contributed by atoms with Crippen LogP contribution >= 0.6 is 7.82 Å². The number of amides is 1. The molecule has 1 heterocycles. The molecule has 2 unspecified atom stereocenters. The Bertz CT molecular complexity index is 1330. The van der Waals surface area contributed by atoms with Gasteiger partial charge in [0.15, 0.2) is 6.29 Å². The molecule has 4 rings (SSSR count). The molecule has 238 valence electrons. The van der Waals surface area contributed by atoms with Crippen LogP contribution in [0.4, 0.5) is 0 Å². The molecule has 0 aromatic heterocycles. The van der Waals surface area contributed by atoms with Crippen molar-refractivity contribution in [2.75, 3.05) is 19.8 Å². The van der Waals surface area contributed by atoms with Gasteiger partial charge < -0.3 is 30.5 Å². The predicted octanol–water partition coefficient (Wildman–Crippen LogP) is 2.87. The van der Waals surface area contributed by atoms with E-state index < -0.39 is 45.1 Å². The Hall–Kier alpha value is -2.96. The smallest absolute Gasteiger partial charge is 0.387 e. The third kappa shape index (κ3) is 10.6. The van der Waals surface area contributed by atoms with Gasteiger partial charge in [-0.25, -0.2) is 4.57 Å². The molecular weight excluding hydrogens is 589 g/mol. The lowest BCUT2D eigenvalue weighted by Gasteiger charge is -2.38.